The van der Waals surface area contributed by atoms with Crippen molar-refractivity contribution in [2.24, 2.45) is 0 Å². The molecule has 1 aromatic carbocycles. The minimum absolute atomic E-state index is 0. The van der Waals surface area contributed by atoms with Gasteiger partial charge in [-0.3, -0.25) is 10.1 Å². The van der Waals surface area contributed by atoms with Gasteiger partial charge in [-0.1, -0.05) is 0 Å². The van der Waals surface area contributed by atoms with E-state index < -0.39 is 4.92 Å². The van der Waals surface area contributed by atoms with Crippen LogP contribution in [0.3, 0.4) is 0 Å². The van der Waals surface area contributed by atoms with Crippen LogP contribution in [-0.4, -0.2) is 4.92 Å². The second-order valence-corrected chi connectivity index (χ2v) is 2.52. The van der Waals surface area contributed by atoms with Gasteiger partial charge in [-0.25, -0.2) is 0 Å². The molecule has 0 spiro atoms. The van der Waals surface area contributed by atoms with Crippen molar-refractivity contribution in [3.05, 3.63) is 28.3 Å². The van der Waals surface area contributed by atoms with Crippen LogP contribution >= 0.6 is 12.6 Å². The van der Waals surface area contributed by atoms with Crippen LogP contribution in [-0.2, 0) is 0 Å². The Morgan fingerprint density at radius 2 is 2.17 bits per heavy atom. The summed E-state index contributed by atoms with van der Waals surface area (Å²) in [6.45, 7) is 0. The number of hydrogen-bond donors (Lipinski definition) is 2. The largest absolute Gasteiger partial charge is 1.00 e. The molecule has 0 aliphatic rings. The molecule has 0 aliphatic heterocycles. The molecule has 6 heteroatoms. The van der Waals surface area contributed by atoms with Gasteiger partial charge in [0, 0.05) is 11.0 Å². The summed E-state index contributed by atoms with van der Waals surface area (Å²) < 4.78 is 0. The number of anilines is 1. The van der Waals surface area contributed by atoms with E-state index in [-0.39, 0.29) is 42.4 Å². The molecular formula is C6H7N2NaO2S. The third-order valence-corrected chi connectivity index (χ3v) is 1.49. The summed E-state index contributed by atoms with van der Waals surface area (Å²) in [6, 6.07) is 4.38. The van der Waals surface area contributed by atoms with Crippen LogP contribution < -0.4 is 35.3 Å². The van der Waals surface area contributed by atoms with E-state index in [1.165, 1.54) is 12.1 Å². The van der Waals surface area contributed by atoms with E-state index >= 15 is 0 Å². The fourth-order valence-corrected chi connectivity index (χ4v) is 0.887. The number of nitro benzene ring substituents is 1. The smallest absolute Gasteiger partial charge is 1.00 e. The second-order valence-electron chi connectivity index (χ2n) is 2.00. The van der Waals surface area contributed by atoms with Gasteiger partial charge >= 0.3 is 29.6 Å². The molecule has 0 fully saturated rings. The second kappa shape index (κ2) is 4.71. The summed E-state index contributed by atoms with van der Waals surface area (Å²) in [4.78, 5) is 10.3. The molecule has 1 aromatic rings. The molecular weight excluding hydrogens is 187 g/mol. The summed E-state index contributed by atoms with van der Waals surface area (Å²) in [5, 5.41) is 10.3. The van der Waals surface area contributed by atoms with Gasteiger partial charge in [0.05, 0.1) is 4.92 Å². The summed E-state index contributed by atoms with van der Waals surface area (Å²) in [6.07, 6.45) is 0. The van der Waals surface area contributed by atoms with Crippen LogP contribution in [0.5, 0.6) is 0 Å². The minimum Gasteiger partial charge on any atom is -1.00 e. The number of nitrogens with zero attached hydrogens (tertiary/aromatic N) is 1. The number of rotatable bonds is 1. The standard InChI is InChI=1S/C6H6N2O2S.Na.H/c7-5-2-1-4(11)3-6(5)8(9)10;;/h1-3,11H,7H2;;/q;+1;-1. The summed E-state index contributed by atoms with van der Waals surface area (Å²) in [5.41, 5.74) is 5.38. The molecule has 0 saturated heterocycles. The molecule has 12 heavy (non-hydrogen) atoms. The topological polar surface area (TPSA) is 69.2 Å². The van der Waals surface area contributed by atoms with Crippen molar-refractivity contribution >= 4 is 24.0 Å². The number of nitrogen functional groups attached to an aromatic ring is 1. The SMILES string of the molecule is Nc1ccc(S)cc1[N+](=O)[O-].[H-].[Na+]. The van der Waals surface area contributed by atoms with E-state index in [2.05, 4.69) is 12.6 Å². The van der Waals surface area contributed by atoms with Crippen molar-refractivity contribution in [1.82, 2.24) is 0 Å². The van der Waals surface area contributed by atoms with Crippen LogP contribution in [0.4, 0.5) is 11.4 Å². The van der Waals surface area contributed by atoms with Crippen molar-refractivity contribution in [3.63, 3.8) is 0 Å². The van der Waals surface area contributed by atoms with E-state index in [1.54, 1.807) is 6.07 Å². The molecule has 0 saturated carbocycles. The molecule has 0 radical (unpaired) electrons. The third kappa shape index (κ3) is 2.67. The number of benzene rings is 1. The number of nitro groups is 1. The number of hydrogen-bond acceptors (Lipinski definition) is 4. The van der Waals surface area contributed by atoms with Gasteiger partial charge in [0.1, 0.15) is 5.69 Å². The zero-order chi connectivity index (χ0) is 8.43. The number of nitrogens with two attached hydrogens (primary N) is 1. The molecule has 0 atom stereocenters. The van der Waals surface area contributed by atoms with Gasteiger partial charge in [-0.05, 0) is 12.1 Å². The molecule has 0 heterocycles. The van der Waals surface area contributed by atoms with Crippen LogP contribution in [0.1, 0.15) is 1.43 Å². The Bertz CT molecular complexity index is 311. The van der Waals surface area contributed by atoms with Gasteiger partial charge in [0.2, 0.25) is 0 Å². The Morgan fingerprint density at radius 3 is 2.58 bits per heavy atom. The van der Waals surface area contributed by atoms with Gasteiger partial charge in [-0.15, -0.1) is 12.6 Å². The first-order chi connectivity index (χ1) is 5.11. The van der Waals surface area contributed by atoms with Gasteiger partial charge in [0.15, 0.2) is 0 Å². The molecule has 1 rings (SSSR count). The average Bonchev–Trinajstić information content (AvgIpc) is 1.94. The quantitative estimate of drug-likeness (QED) is 0.189. The molecule has 0 aromatic heterocycles. The number of thiol groups is 1. The zero-order valence-corrected chi connectivity index (χ0v) is 9.41. The van der Waals surface area contributed by atoms with Crippen molar-refractivity contribution in [2.45, 2.75) is 4.90 Å². The van der Waals surface area contributed by atoms with Crippen LogP contribution in [0, 0.1) is 10.1 Å². The van der Waals surface area contributed by atoms with Crippen LogP contribution in [0.15, 0.2) is 23.1 Å². The molecule has 60 valence electrons. The van der Waals surface area contributed by atoms with E-state index in [4.69, 9.17) is 5.73 Å². The maximum absolute atomic E-state index is 10.3. The maximum atomic E-state index is 10.3. The first kappa shape index (κ1) is 11.8. The predicted molar refractivity (Wildman–Crippen MR) is 45.9 cm³/mol. The fourth-order valence-electron chi connectivity index (χ4n) is 0.690. The van der Waals surface area contributed by atoms with Gasteiger partial charge in [-0.2, -0.15) is 0 Å². The summed E-state index contributed by atoms with van der Waals surface area (Å²) in [7, 11) is 0. The molecule has 0 bridgehead atoms. The van der Waals surface area contributed by atoms with E-state index in [0.717, 1.165) is 0 Å². The van der Waals surface area contributed by atoms with E-state index in [1.807, 2.05) is 0 Å². The predicted octanol–water partition coefficient (Wildman–Crippen LogP) is -1.42. The van der Waals surface area contributed by atoms with Crippen molar-refractivity contribution < 1.29 is 35.9 Å². The Balaban J connectivity index is 0. The molecule has 0 aliphatic carbocycles. The average molecular weight is 194 g/mol. The fraction of sp³-hybridized carbons (Fsp3) is 0. The first-order valence-corrected chi connectivity index (χ1v) is 3.29. The van der Waals surface area contributed by atoms with Crippen LogP contribution in [0.25, 0.3) is 0 Å². The molecule has 0 amide bonds. The van der Waals surface area contributed by atoms with Gasteiger partial charge < -0.3 is 7.16 Å². The molecule has 4 nitrogen and oxygen atoms in total. The van der Waals surface area contributed by atoms with Crippen molar-refractivity contribution in [3.8, 4) is 0 Å². The Hall–Kier alpha value is -0.230. The van der Waals surface area contributed by atoms with Gasteiger partial charge in [0.25, 0.3) is 5.69 Å². The normalized spacial score (nSPS) is 8.75. The zero-order valence-electron chi connectivity index (χ0n) is 7.52. The first-order valence-electron chi connectivity index (χ1n) is 2.84. The molecule has 2 N–H and O–H groups in total. The Labute approximate surface area is 98.5 Å². The van der Waals surface area contributed by atoms with E-state index in [9.17, 15) is 10.1 Å². The van der Waals surface area contributed by atoms with Crippen LogP contribution in [0.2, 0.25) is 0 Å². The monoisotopic (exact) mass is 194 g/mol. The van der Waals surface area contributed by atoms with Crippen molar-refractivity contribution in [1.29, 1.82) is 0 Å². The van der Waals surface area contributed by atoms with E-state index in [0.29, 0.717) is 4.90 Å². The minimum atomic E-state index is -0.533. The van der Waals surface area contributed by atoms with Crippen molar-refractivity contribution in [2.75, 3.05) is 5.73 Å². The Kier molecular flexibility index (Phi) is 4.62. The summed E-state index contributed by atoms with van der Waals surface area (Å²) in [5.74, 6) is 0. The Morgan fingerprint density at radius 1 is 1.58 bits per heavy atom. The third-order valence-electron chi connectivity index (χ3n) is 1.21. The maximum Gasteiger partial charge on any atom is 1.00 e. The summed E-state index contributed by atoms with van der Waals surface area (Å²) >= 11 is 3.94. The molecule has 0 unspecified atom stereocenters.